The van der Waals surface area contributed by atoms with Gasteiger partial charge in [0.05, 0.1) is 17.8 Å². The van der Waals surface area contributed by atoms with Crippen molar-refractivity contribution in [1.29, 1.82) is 0 Å². The van der Waals surface area contributed by atoms with Crippen LogP contribution in [0.25, 0.3) is 11.2 Å². The van der Waals surface area contributed by atoms with Gasteiger partial charge in [-0.25, -0.2) is 14.8 Å². The van der Waals surface area contributed by atoms with E-state index >= 15 is 0 Å². The van der Waals surface area contributed by atoms with Gasteiger partial charge in [-0.2, -0.15) is 11.3 Å². The number of aromatic nitrogens is 4. The average Bonchev–Trinajstić information content (AvgIpc) is 3.21. The highest BCUT2D eigenvalue weighted by Crippen LogP contribution is 2.24. The molecule has 8 heteroatoms. The van der Waals surface area contributed by atoms with Crippen LogP contribution in [0.5, 0.6) is 0 Å². The van der Waals surface area contributed by atoms with Crippen molar-refractivity contribution < 1.29 is 4.79 Å². The van der Waals surface area contributed by atoms with E-state index < -0.39 is 0 Å². The molecule has 1 unspecified atom stereocenters. The topological polar surface area (TPSA) is 83.9 Å². The molecule has 3 aromatic heterocycles. The Hall–Kier alpha value is -2.48. The lowest BCUT2D eigenvalue weighted by atomic mass is 10.0. The summed E-state index contributed by atoms with van der Waals surface area (Å²) in [7, 11) is 0. The highest BCUT2D eigenvalue weighted by atomic mass is 32.1. The molecule has 1 atom stereocenters. The number of amides is 1. The van der Waals surface area contributed by atoms with Crippen LogP contribution in [-0.4, -0.2) is 43.4 Å². The SMILES string of the molecule is O=C(c1ccsc1)N1CCCC(n2c(=O)[nH]c3cncnc32)C1. The summed E-state index contributed by atoms with van der Waals surface area (Å²) in [5, 5.41) is 3.76. The van der Waals surface area contributed by atoms with E-state index in [1.54, 1.807) is 10.8 Å². The van der Waals surface area contributed by atoms with Crippen molar-refractivity contribution in [2.45, 2.75) is 18.9 Å². The quantitative estimate of drug-likeness (QED) is 0.775. The predicted octanol–water partition coefficient (Wildman–Crippen LogP) is 1.66. The summed E-state index contributed by atoms with van der Waals surface area (Å²) in [6, 6.07) is 1.77. The molecular formula is C15H15N5O2S. The Balaban J connectivity index is 1.65. The zero-order valence-corrected chi connectivity index (χ0v) is 13.1. The van der Waals surface area contributed by atoms with Gasteiger partial charge in [0.1, 0.15) is 11.8 Å². The van der Waals surface area contributed by atoms with Gasteiger partial charge in [0.15, 0.2) is 5.65 Å². The van der Waals surface area contributed by atoms with E-state index in [0.717, 1.165) is 19.4 Å². The summed E-state index contributed by atoms with van der Waals surface area (Å²) in [4.78, 5) is 37.6. The summed E-state index contributed by atoms with van der Waals surface area (Å²) < 4.78 is 1.66. The second-order valence-electron chi connectivity index (χ2n) is 5.62. The Morgan fingerprint density at radius 1 is 1.43 bits per heavy atom. The zero-order chi connectivity index (χ0) is 15.8. The normalized spacial score (nSPS) is 18.4. The van der Waals surface area contributed by atoms with Gasteiger partial charge < -0.3 is 9.88 Å². The van der Waals surface area contributed by atoms with E-state index in [-0.39, 0.29) is 17.6 Å². The lowest BCUT2D eigenvalue weighted by molar-refractivity contribution is 0.0680. The molecule has 7 nitrogen and oxygen atoms in total. The van der Waals surface area contributed by atoms with E-state index in [0.29, 0.717) is 23.3 Å². The molecule has 4 heterocycles. The predicted molar refractivity (Wildman–Crippen MR) is 86.6 cm³/mol. The summed E-state index contributed by atoms with van der Waals surface area (Å²) in [6.07, 6.45) is 4.75. The van der Waals surface area contributed by atoms with Crippen LogP contribution in [0.2, 0.25) is 0 Å². The highest BCUT2D eigenvalue weighted by Gasteiger charge is 2.28. The highest BCUT2D eigenvalue weighted by molar-refractivity contribution is 7.08. The smallest absolute Gasteiger partial charge is 0.328 e. The number of piperidine rings is 1. The molecule has 1 saturated heterocycles. The molecule has 3 aromatic rings. The fraction of sp³-hybridized carbons (Fsp3) is 0.333. The summed E-state index contributed by atoms with van der Waals surface area (Å²) in [6.45, 7) is 1.24. The van der Waals surface area contributed by atoms with Crippen LogP contribution < -0.4 is 5.69 Å². The van der Waals surface area contributed by atoms with Gasteiger partial charge in [0.2, 0.25) is 0 Å². The summed E-state index contributed by atoms with van der Waals surface area (Å²) >= 11 is 1.51. The van der Waals surface area contributed by atoms with E-state index in [4.69, 9.17) is 0 Å². The van der Waals surface area contributed by atoms with Gasteiger partial charge in [0, 0.05) is 18.5 Å². The lowest BCUT2D eigenvalue weighted by Gasteiger charge is -2.33. The Morgan fingerprint density at radius 3 is 3.17 bits per heavy atom. The first-order chi connectivity index (χ1) is 11.2. The third-order valence-corrected chi connectivity index (χ3v) is 4.88. The van der Waals surface area contributed by atoms with Crippen molar-refractivity contribution in [2.24, 2.45) is 0 Å². The minimum atomic E-state index is -0.199. The molecule has 1 amide bonds. The molecule has 1 N–H and O–H groups in total. The number of rotatable bonds is 2. The number of aromatic amines is 1. The Kier molecular flexibility index (Phi) is 3.45. The van der Waals surface area contributed by atoms with Crippen molar-refractivity contribution in [3.63, 3.8) is 0 Å². The molecule has 0 aromatic carbocycles. The second-order valence-corrected chi connectivity index (χ2v) is 6.40. The van der Waals surface area contributed by atoms with Crippen LogP contribution >= 0.6 is 11.3 Å². The van der Waals surface area contributed by atoms with Gasteiger partial charge in [0.25, 0.3) is 5.91 Å². The molecule has 0 spiro atoms. The number of nitrogens with zero attached hydrogens (tertiary/aromatic N) is 4. The average molecular weight is 329 g/mol. The number of imidazole rings is 1. The van der Waals surface area contributed by atoms with Crippen molar-refractivity contribution in [2.75, 3.05) is 13.1 Å². The summed E-state index contributed by atoms with van der Waals surface area (Å²) in [5.41, 5.74) is 1.73. The molecular weight excluding hydrogens is 314 g/mol. The third-order valence-electron chi connectivity index (χ3n) is 4.20. The molecule has 0 aliphatic carbocycles. The van der Waals surface area contributed by atoms with Gasteiger partial charge >= 0.3 is 5.69 Å². The van der Waals surface area contributed by atoms with E-state index in [1.807, 2.05) is 21.7 Å². The molecule has 23 heavy (non-hydrogen) atoms. The molecule has 1 aliphatic rings. The largest absolute Gasteiger partial charge is 0.337 e. The van der Waals surface area contributed by atoms with Crippen LogP contribution in [0.3, 0.4) is 0 Å². The lowest BCUT2D eigenvalue weighted by Crippen LogP contribution is -2.42. The maximum Gasteiger partial charge on any atom is 0.328 e. The molecule has 118 valence electrons. The van der Waals surface area contributed by atoms with Crippen LogP contribution in [0.4, 0.5) is 0 Å². The molecule has 0 radical (unpaired) electrons. The fourth-order valence-electron chi connectivity index (χ4n) is 3.13. The van der Waals surface area contributed by atoms with Gasteiger partial charge in [-0.3, -0.25) is 9.36 Å². The first-order valence-corrected chi connectivity index (χ1v) is 8.40. The standard InChI is InChI=1S/C15H15N5O2S/c21-14(10-3-5-23-8-10)19-4-1-2-11(7-19)20-13-12(18-15(20)22)6-16-9-17-13/h3,5-6,8-9,11H,1-2,4,7H2,(H,18,22). The molecule has 4 rings (SSSR count). The number of thiophene rings is 1. The number of hydrogen-bond donors (Lipinski definition) is 1. The van der Waals surface area contributed by atoms with Crippen LogP contribution in [0, 0.1) is 0 Å². The number of likely N-dealkylation sites (tertiary alicyclic amines) is 1. The van der Waals surface area contributed by atoms with Crippen molar-refractivity contribution in [3.8, 4) is 0 Å². The van der Waals surface area contributed by atoms with Gasteiger partial charge in [-0.05, 0) is 24.3 Å². The monoisotopic (exact) mass is 329 g/mol. The number of hydrogen-bond acceptors (Lipinski definition) is 5. The van der Waals surface area contributed by atoms with Gasteiger partial charge in [-0.1, -0.05) is 0 Å². The number of carbonyl (C=O) groups is 1. The van der Waals surface area contributed by atoms with Crippen molar-refractivity contribution >= 4 is 28.4 Å². The van der Waals surface area contributed by atoms with Crippen molar-refractivity contribution in [3.05, 3.63) is 45.4 Å². The first kappa shape index (κ1) is 14.1. The van der Waals surface area contributed by atoms with E-state index in [2.05, 4.69) is 15.0 Å². The Labute approximate surface area is 135 Å². The maximum absolute atomic E-state index is 12.5. The minimum absolute atomic E-state index is 0.0264. The number of nitrogens with one attached hydrogen (secondary N) is 1. The van der Waals surface area contributed by atoms with E-state index in [1.165, 1.54) is 17.7 Å². The number of carbonyl (C=O) groups excluding carboxylic acids is 1. The Bertz CT molecular complexity index is 898. The molecule has 1 aliphatic heterocycles. The van der Waals surface area contributed by atoms with Crippen LogP contribution in [0.1, 0.15) is 29.2 Å². The fourth-order valence-corrected chi connectivity index (χ4v) is 3.76. The van der Waals surface area contributed by atoms with Crippen LogP contribution in [0.15, 0.2) is 34.1 Å². The molecule has 1 fully saturated rings. The van der Waals surface area contributed by atoms with Crippen LogP contribution in [-0.2, 0) is 0 Å². The van der Waals surface area contributed by atoms with Gasteiger partial charge in [-0.15, -0.1) is 0 Å². The second kappa shape index (κ2) is 5.62. The number of H-pyrrole nitrogens is 1. The van der Waals surface area contributed by atoms with E-state index in [9.17, 15) is 9.59 Å². The molecule has 0 bridgehead atoms. The minimum Gasteiger partial charge on any atom is -0.337 e. The first-order valence-electron chi connectivity index (χ1n) is 7.46. The van der Waals surface area contributed by atoms with Crippen molar-refractivity contribution in [1.82, 2.24) is 24.4 Å². The number of fused-ring (bicyclic) bond motifs is 1. The zero-order valence-electron chi connectivity index (χ0n) is 12.3. The Morgan fingerprint density at radius 2 is 2.35 bits per heavy atom. The molecule has 0 saturated carbocycles. The summed E-state index contributed by atoms with van der Waals surface area (Å²) in [5.74, 6) is 0.0264. The maximum atomic E-state index is 12.5. The third kappa shape index (κ3) is 2.44.